The van der Waals surface area contributed by atoms with E-state index in [0.29, 0.717) is 23.4 Å². The quantitative estimate of drug-likeness (QED) is 0.438. The van der Waals surface area contributed by atoms with Crippen molar-refractivity contribution in [3.8, 4) is 5.75 Å². The van der Waals surface area contributed by atoms with Gasteiger partial charge in [-0.3, -0.25) is 9.59 Å². The average Bonchev–Trinajstić information content (AvgIpc) is 3.29. The van der Waals surface area contributed by atoms with Crippen molar-refractivity contribution in [2.24, 2.45) is 17.8 Å². The van der Waals surface area contributed by atoms with E-state index in [-0.39, 0.29) is 30.1 Å². The van der Waals surface area contributed by atoms with Crippen LogP contribution in [0, 0.1) is 17.8 Å². The SMILES string of the molecule is O=C(O)CC1CCC(C2CCC(NC(=O)c3nnc(Nc4ccc(OC(F)(F)F)cc4)o3)CC2)CC1. The third-order valence-corrected chi connectivity index (χ3v) is 7.09. The van der Waals surface area contributed by atoms with Crippen molar-refractivity contribution in [1.82, 2.24) is 15.5 Å². The molecule has 9 nitrogen and oxygen atoms in total. The van der Waals surface area contributed by atoms with E-state index in [1.807, 2.05) is 0 Å². The summed E-state index contributed by atoms with van der Waals surface area (Å²) in [6, 6.07) is 4.92. The Morgan fingerprint density at radius 1 is 0.972 bits per heavy atom. The predicted octanol–water partition coefficient (Wildman–Crippen LogP) is 5.28. The van der Waals surface area contributed by atoms with E-state index in [4.69, 9.17) is 9.52 Å². The zero-order valence-electron chi connectivity index (χ0n) is 19.6. The highest BCUT2D eigenvalue weighted by molar-refractivity contribution is 5.89. The maximum atomic E-state index is 12.6. The smallest absolute Gasteiger partial charge is 0.481 e. The zero-order chi connectivity index (χ0) is 25.7. The van der Waals surface area contributed by atoms with Crippen molar-refractivity contribution in [2.75, 3.05) is 5.32 Å². The van der Waals surface area contributed by atoms with E-state index in [1.165, 1.54) is 12.1 Å². The first kappa shape index (κ1) is 25.8. The lowest BCUT2D eigenvalue weighted by Gasteiger charge is -2.37. The number of nitrogens with one attached hydrogen (secondary N) is 2. The summed E-state index contributed by atoms with van der Waals surface area (Å²) in [5.74, 6) is -0.213. The Bertz CT molecular complexity index is 1030. The molecular formula is C24H29F3N4O5. The number of carboxylic acid groups (broad SMARTS) is 1. The van der Waals surface area contributed by atoms with Crippen molar-refractivity contribution in [1.29, 1.82) is 0 Å². The van der Waals surface area contributed by atoms with E-state index >= 15 is 0 Å². The first-order valence-corrected chi connectivity index (χ1v) is 12.1. The maximum absolute atomic E-state index is 12.6. The molecule has 196 valence electrons. The van der Waals surface area contributed by atoms with Crippen LogP contribution in [0.1, 0.15) is 68.5 Å². The standard InChI is InChI=1S/C24H29F3N4O5/c25-24(26,27)36-19-11-9-18(10-12-19)29-23-31-30-22(35-23)21(34)28-17-7-5-16(6-8-17)15-3-1-14(2-4-15)13-20(32)33/h9-12,14-17H,1-8,13H2,(H,28,34)(H,29,31)(H,32,33). The second kappa shape index (κ2) is 11.2. The molecule has 1 heterocycles. The molecule has 36 heavy (non-hydrogen) atoms. The minimum atomic E-state index is -4.77. The number of carbonyl (C=O) groups is 2. The highest BCUT2D eigenvalue weighted by Gasteiger charge is 2.33. The van der Waals surface area contributed by atoms with E-state index in [1.54, 1.807) is 0 Å². The first-order chi connectivity index (χ1) is 17.1. The van der Waals surface area contributed by atoms with Gasteiger partial charge in [0.2, 0.25) is 0 Å². The molecule has 2 saturated carbocycles. The van der Waals surface area contributed by atoms with Crippen LogP contribution in [0.5, 0.6) is 5.75 Å². The maximum Gasteiger partial charge on any atom is 0.573 e. The fraction of sp³-hybridized carbons (Fsp3) is 0.583. The minimum absolute atomic E-state index is 0.0154. The summed E-state index contributed by atoms with van der Waals surface area (Å²) in [4.78, 5) is 23.5. The van der Waals surface area contributed by atoms with Crippen LogP contribution in [0.15, 0.2) is 28.7 Å². The number of halogens is 3. The van der Waals surface area contributed by atoms with Crippen molar-refractivity contribution < 1.29 is 37.0 Å². The van der Waals surface area contributed by atoms with Gasteiger partial charge in [0.05, 0.1) is 0 Å². The van der Waals surface area contributed by atoms with Gasteiger partial charge < -0.3 is 24.9 Å². The van der Waals surface area contributed by atoms with Gasteiger partial charge in [0.15, 0.2) is 0 Å². The topological polar surface area (TPSA) is 127 Å². The molecule has 2 aliphatic carbocycles. The Hall–Kier alpha value is -3.31. The molecule has 1 aromatic heterocycles. The lowest BCUT2D eigenvalue weighted by molar-refractivity contribution is -0.274. The molecule has 2 aliphatic rings. The van der Waals surface area contributed by atoms with Crippen LogP contribution in [0.4, 0.5) is 24.9 Å². The first-order valence-electron chi connectivity index (χ1n) is 12.1. The van der Waals surface area contributed by atoms with Gasteiger partial charge in [-0.15, -0.1) is 18.3 Å². The molecule has 0 saturated heterocycles. The molecule has 3 N–H and O–H groups in total. The number of benzene rings is 1. The molecule has 1 amide bonds. The average molecular weight is 511 g/mol. The molecule has 12 heteroatoms. The van der Waals surface area contributed by atoms with Crippen LogP contribution in [-0.2, 0) is 4.79 Å². The molecule has 0 radical (unpaired) electrons. The van der Waals surface area contributed by atoms with E-state index in [0.717, 1.165) is 63.5 Å². The van der Waals surface area contributed by atoms with Crippen LogP contribution < -0.4 is 15.4 Å². The molecule has 4 rings (SSSR count). The Labute approximate surface area is 205 Å². The van der Waals surface area contributed by atoms with Gasteiger partial charge in [0.1, 0.15) is 5.75 Å². The van der Waals surface area contributed by atoms with Gasteiger partial charge >= 0.3 is 30.1 Å². The number of anilines is 2. The minimum Gasteiger partial charge on any atom is -0.481 e. The van der Waals surface area contributed by atoms with Gasteiger partial charge in [-0.25, -0.2) is 0 Å². The summed E-state index contributed by atoms with van der Waals surface area (Å²) < 4.78 is 46.0. The Morgan fingerprint density at radius 3 is 2.17 bits per heavy atom. The monoisotopic (exact) mass is 510 g/mol. The predicted molar refractivity (Wildman–Crippen MR) is 122 cm³/mol. The van der Waals surface area contributed by atoms with E-state index < -0.39 is 18.2 Å². The van der Waals surface area contributed by atoms with E-state index in [2.05, 4.69) is 25.6 Å². The van der Waals surface area contributed by atoms with Gasteiger partial charge in [-0.1, -0.05) is 5.10 Å². The molecule has 0 atom stereocenters. The number of carbonyl (C=O) groups excluding carboxylic acids is 1. The summed E-state index contributed by atoms with van der Waals surface area (Å²) in [5, 5.41) is 22.2. The van der Waals surface area contributed by atoms with Crippen LogP contribution in [0.2, 0.25) is 0 Å². The number of carboxylic acids is 1. The Morgan fingerprint density at radius 2 is 1.58 bits per heavy atom. The lowest BCUT2D eigenvalue weighted by atomic mass is 9.70. The van der Waals surface area contributed by atoms with Gasteiger partial charge in [0, 0.05) is 18.2 Å². The summed E-state index contributed by atoms with van der Waals surface area (Å²) >= 11 is 0. The number of aromatic nitrogens is 2. The fourth-order valence-electron chi connectivity index (χ4n) is 5.32. The largest absolute Gasteiger partial charge is 0.573 e. The highest BCUT2D eigenvalue weighted by atomic mass is 19.4. The van der Waals surface area contributed by atoms with Crippen molar-refractivity contribution in [2.45, 2.75) is 70.2 Å². The number of aliphatic carboxylic acids is 1. The molecule has 0 aliphatic heterocycles. The van der Waals surface area contributed by atoms with Crippen molar-refractivity contribution >= 4 is 23.6 Å². The van der Waals surface area contributed by atoms with Gasteiger partial charge in [-0.05, 0) is 93.4 Å². The molecule has 0 unspecified atom stereocenters. The number of nitrogens with zero attached hydrogens (tertiary/aromatic N) is 2. The third-order valence-electron chi connectivity index (χ3n) is 7.09. The second-order valence-electron chi connectivity index (χ2n) is 9.57. The number of alkyl halides is 3. The molecule has 0 spiro atoms. The molecule has 2 aromatic rings. The zero-order valence-corrected chi connectivity index (χ0v) is 19.6. The summed E-state index contributed by atoms with van der Waals surface area (Å²) in [6.45, 7) is 0. The number of hydrogen-bond donors (Lipinski definition) is 3. The summed E-state index contributed by atoms with van der Waals surface area (Å²) in [5.41, 5.74) is 0.385. The van der Waals surface area contributed by atoms with Crippen molar-refractivity contribution in [3.63, 3.8) is 0 Å². The third kappa shape index (κ3) is 7.34. The van der Waals surface area contributed by atoms with E-state index in [9.17, 15) is 22.8 Å². The number of rotatable bonds is 8. The summed E-state index contributed by atoms with van der Waals surface area (Å²) in [6.07, 6.45) is 3.36. The van der Waals surface area contributed by atoms with Crippen LogP contribution in [0.25, 0.3) is 0 Å². The highest BCUT2D eigenvalue weighted by Crippen LogP contribution is 2.40. The second-order valence-corrected chi connectivity index (χ2v) is 9.57. The molecule has 2 fully saturated rings. The Kier molecular flexibility index (Phi) is 8.00. The van der Waals surface area contributed by atoms with Gasteiger partial charge in [-0.2, -0.15) is 0 Å². The molecular weight excluding hydrogens is 481 g/mol. The Balaban J connectivity index is 1.20. The fourth-order valence-corrected chi connectivity index (χ4v) is 5.32. The normalized spacial score (nSPS) is 24.6. The number of hydrogen-bond acceptors (Lipinski definition) is 7. The van der Waals surface area contributed by atoms with Crippen LogP contribution >= 0.6 is 0 Å². The lowest BCUT2D eigenvalue weighted by Crippen LogP contribution is -2.39. The molecule has 0 bridgehead atoms. The molecule has 1 aromatic carbocycles. The van der Waals surface area contributed by atoms with Crippen LogP contribution in [-0.4, -0.2) is 39.6 Å². The number of amides is 1. The van der Waals surface area contributed by atoms with Gasteiger partial charge in [0.25, 0.3) is 0 Å². The van der Waals surface area contributed by atoms with Crippen LogP contribution in [0.3, 0.4) is 0 Å². The van der Waals surface area contributed by atoms with Crippen molar-refractivity contribution in [3.05, 3.63) is 30.2 Å². The summed E-state index contributed by atoms with van der Waals surface area (Å²) in [7, 11) is 0. The number of ether oxygens (including phenoxy) is 1.